The number of benzene rings is 1. The maximum absolute atomic E-state index is 12.7. The molecule has 3 heterocycles. The molecule has 0 atom stereocenters. The second-order valence-corrected chi connectivity index (χ2v) is 7.83. The van der Waals surface area contributed by atoms with E-state index in [1.54, 1.807) is 31.4 Å². The van der Waals surface area contributed by atoms with Crippen LogP contribution in [-0.4, -0.2) is 40.2 Å². The quantitative estimate of drug-likeness (QED) is 0.677. The summed E-state index contributed by atoms with van der Waals surface area (Å²) >= 11 is 1.27. The van der Waals surface area contributed by atoms with Crippen LogP contribution < -0.4 is 26.2 Å². The minimum atomic E-state index is -0.568. The van der Waals surface area contributed by atoms with Gasteiger partial charge < -0.3 is 15.0 Å². The van der Waals surface area contributed by atoms with Gasteiger partial charge >= 0.3 is 5.69 Å². The topological polar surface area (TPSA) is 98.5 Å². The van der Waals surface area contributed by atoms with Gasteiger partial charge in [-0.05, 0) is 25.0 Å². The van der Waals surface area contributed by atoms with Crippen LogP contribution in [0, 0.1) is 0 Å². The van der Waals surface area contributed by atoms with Crippen molar-refractivity contribution in [2.45, 2.75) is 19.4 Å². The number of nitrogens with zero attached hydrogens (tertiary/aromatic N) is 4. The third-order valence-electron chi connectivity index (χ3n) is 4.90. The van der Waals surface area contributed by atoms with Crippen LogP contribution in [0.5, 0.6) is 5.75 Å². The Kier molecular flexibility index (Phi) is 5.10. The number of methoxy groups -OCH3 is 1. The van der Waals surface area contributed by atoms with Crippen LogP contribution in [0.3, 0.4) is 0 Å². The van der Waals surface area contributed by atoms with E-state index in [9.17, 15) is 14.4 Å². The molecule has 0 bridgehead atoms. The Hall–Kier alpha value is -3.14. The summed E-state index contributed by atoms with van der Waals surface area (Å²) in [6.07, 6.45) is 2.15. The number of ether oxygens (including phenoxy) is 1. The second kappa shape index (κ2) is 7.70. The van der Waals surface area contributed by atoms with E-state index in [2.05, 4.69) is 15.2 Å². The zero-order chi connectivity index (χ0) is 20.5. The molecule has 2 aromatic heterocycles. The molecular formula is C19H21N5O4S. The molecule has 0 radical (unpaired) electrons. The Bertz CT molecular complexity index is 1190. The molecule has 9 nitrogen and oxygen atoms in total. The standard InChI is InChI=1S/C19H21N5O4S/c1-22-17(26)15-16(21-18(29-15)23-8-3-4-9-23)24(19(22)27)11-14(25)20-12-6-5-7-13(10-12)28-2/h5-7,10H,3-4,8-9,11H2,1-2H3,(H,20,25). The Morgan fingerprint density at radius 3 is 2.76 bits per heavy atom. The third-order valence-corrected chi connectivity index (χ3v) is 6.00. The normalized spacial score (nSPS) is 13.8. The number of rotatable bonds is 5. The zero-order valence-electron chi connectivity index (χ0n) is 16.2. The molecule has 0 spiro atoms. The molecule has 1 amide bonds. The van der Waals surface area contributed by atoms with Gasteiger partial charge in [-0.25, -0.2) is 9.78 Å². The predicted molar refractivity (Wildman–Crippen MR) is 112 cm³/mol. The fourth-order valence-corrected chi connectivity index (χ4v) is 4.46. The third kappa shape index (κ3) is 3.63. The van der Waals surface area contributed by atoms with Crippen LogP contribution in [0.25, 0.3) is 10.3 Å². The van der Waals surface area contributed by atoms with E-state index in [1.807, 2.05) is 0 Å². The molecule has 3 aromatic rings. The van der Waals surface area contributed by atoms with Crippen LogP contribution in [0.15, 0.2) is 33.9 Å². The van der Waals surface area contributed by atoms with Crippen molar-refractivity contribution in [1.82, 2.24) is 14.1 Å². The van der Waals surface area contributed by atoms with Crippen LogP contribution in [0.4, 0.5) is 10.8 Å². The molecule has 1 saturated heterocycles. The number of carbonyl (C=O) groups is 1. The molecule has 0 aliphatic carbocycles. The minimum absolute atomic E-state index is 0.246. The van der Waals surface area contributed by atoms with Gasteiger partial charge in [0.15, 0.2) is 10.8 Å². The number of nitrogens with one attached hydrogen (secondary N) is 1. The Morgan fingerprint density at radius 2 is 2.03 bits per heavy atom. The first-order chi connectivity index (χ1) is 14.0. The molecule has 152 valence electrons. The van der Waals surface area contributed by atoms with Crippen molar-refractivity contribution in [3.63, 3.8) is 0 Å². The van der Waals surface area contributed by atoms with Crippen LogP contribution in [0.2, 0.25) is 0 Å². The molecule has 0 saturated carbocycles. The Labute approximate surface area is 170 Å². The first-order valence-electron chi connectivity index (χ1n) is 9.27. The number of fused-ring (bicyclic) bond motifs is 1. The van der Waals surface area contributed by atoms with E-state index in [-0.39, 0.29) is 12.2 Å². The van der Waals surface area contributed by atoms with E-state index in [0.29, 0.717) is 21.3 Å². The smallest absolute Gasteiger partial charge is 0.332 e. The number of thiazole rings is 1. The largest absolute Gasteiger partial charge is 0.497 e. The van der Waals surface area contributed by atoms with Gasteiger partial charge in [-0.15, -0.1) is 0 Å². The number of hydrogen-bond donors (Lipinski definition) is 1. The van der Waals surface area contributed by atoms with Gasteiger partial charge in [0, 0.05) is 31.9 Å². The lowest BCUT2D eigenvalue weighted by molar-refractivity contribution is -0.116. The van der Waals surface area contributed by atoms with E-state index >= 15 is 0 Å². The first-order valence-corrected chi connectivity index (χ1v) is 10.1. The van der Waals surface area contributed by atoms with Crippen molar-refractivity contribution < 1.29 is 9.53 Å². The molecule has 1 N–H and O–H groups in total. The highest BCUT2D eigenvalue weighted by Crippen LogP contribution is 2.28. The predicted octanol–water partition coefficient (Wildman–Crippen LogP) is 1.40. The van der Waals surface area contributed by atoms with Gasteiger partial charge in [-0.3, -0.25) is 18.7 Å². The molecule has 10 heteroatoms. The average Bonchev–Trinajstić information content (AvgIpc) is 3.39. The monoisotopic (exact) mass is 415 g/mol. The number of amides is 1. The summed E-state index contributed by atoms with van der Waals surface area (Å²) in [7, 11) is 2.96. The number of anilines is 2. The summed E-state index contributed by atoms with van der Waals surface area (Å²) in [6.45, 7) is 1.51. The lowest BCUT2D eigenvalue weighted by Gasteiger charge is -2.12. The van der Waals surface area contributed by atoms with E-state index in [0.717, 1.165) is 30.5 Å². The number of aromatic nitrogens is 3. The Balaban J connectivity index is 1.69. The van der Waals surface area contributed by atoms with E-state index in [1.165, 1.54) is 23.0 Å². The zero-order valence-corrected chi connectivity index (χ0v) is 17.0. The molecular weight excluding hydrogens is 394 g/mol. The van der Waals surface area contributed by atoms with E-state index in [4.69, 9.17) is 4.74 Å². The highest BCUT2D eigenvalue weighted by molar-refractivity contribution is 7.22. The summed E-state index contributed by atoms with van der Waals surface area (Å²) in [5.74, 6) is 0.218. The number of carbonyl (C=O) groups excluding carboxylic acids is 1. The van der Waals surface area contributed by atoms with Crippen molar-refractivity contribution in [2.75, 3.05) is 30.4 Å². The van der Waals surface area contributed by atoms with Crippen LogP contribution in [0.1, 0.15) is 12.8 Å². The molecule has 1 fully saturated rings. The van der Waals surface area contributed by atoms with Crippen molar-refractivity contribution in [2.24, 2.45) is 7.05 Å². The maximum Gasteiger partial charge on any atom is 0.332 e. The lowest BCUT2D eigenvalue weighted by atomic mass is 10.3. The summed E-state index contributed by atoms with van der Waals surface area (Å²) in [6, 6.07) is 6.94. The summed E-state index contributed by atoms with van der Waals surface area (Å²) in [4.78, 5) is 44.5. The van der Waals surface area contributed by atoms with Crippen molar-refractivity contribution in [1.29, 1.82) is 0 Å². The highest BCUT2D eigenvalue weighted by atomic mass is 32.1. The van der Waals surface area contributed by atoms with Crippen LogP contribution in [-0.2, 0) is 18.4 Å². The first kappa shape index (κ1) is 19.2. The summed E-state index contributed by atoms with van der Waals surface area (Å²) < 4.78 is 7.81. The second-order valence-electron chi connectivity index (χ2n) is 6.86. The van der Waals surface area contributed by atoms with Crippen molar-refractivity contribution >= 4 is 38.4 Å². The summed E-state index contributed by atoms with van der Waals surface area (Å²) in [5.41, 5.74) is -0.149. The van der Waals surface area contributed by atoms with Gasteiger partial charge in [0.25, 0.3) is 5.56 Å². The molecule has 29 heavy (non-hydrogen) atoms. The lowest BCUT2D eigenvalue weighted by Crippen LogP contribution is -2.39. The van der Waals surface area contributed by atoms with Gasteiger partial charge in [-0.1, -0.05) is 17.4 Å². The highest BCUT2D eigenvalue weighted by Gasteiger charge is 2.22. The fraction of sp³-hybridized carbons (Fsp3) is 0.368. The van der Waals surface area contributed by atoms with Gasteiger partial charge in [0.1, 0.15) is 17.0 Å². The van der Waals surface area contributed by atoms with E-state index < -0.39 is 17.2 Å². The number of hydrogen-bond acceptors (Lipinski definition) is 7. The molecule has 0 unspecified atom stereocenters. The molecule has 1 aliphatic heterocycles. The molecule has 1 aliphatic rings. The molecule has 1 aromatic carbocycles. The summed E-state index contributed by atoms with van der Waals surface area (Å²) in [5, 5.41) is 3.46. The molecule has 4 rings (SSSR count). The van der Waals surface area contributed by atoms with Gasteiger partial charge in [-0.2, -0.15) is 0 Å². The fourth-order valence-electron chi connectivity index (χ4n) is 3.37. The van der Waals surface area contributed by atoms with Crippen molar-refractivity contribution in [3.8, 4) is 5.75 Å². The van der Waals surface area contributed by atoms with Gasteiger partial charge in [0.05, 0.1) is 7.11 Å². The Morgan fingerprint density at radius 1 is 1.28 bits per heavy atom. The van der Waals surface area contributed by atoms with Gasteiger partial charge in [0.2, 0.25) is 5.91 Å². The minimum Gasteiger partial charge on any atom is -0.497 e. The SMILES string of the molecule is COc1cccc(NC(=O)Cn2c(=O)n(C)c(=O)c3sc(N4CCCC4)nc32)c1. The average molecular weight is 415 g/mol. The van der Waals surface area contributed by atoms with Crippen LogP contribution >= 0.6 is 11.3 Å². The maximum atomic E-state index is 12.7. The van der Waals surface area contributed by atoms with Crippen molar-refractivity contribution in [3.05, 3.63) is 45.1 Å².